The summed E-state index contributed by atoms with van der Waals surface area (Å²) in [6, 6.07) is 17.9. The molecule has 0 saturated carbocycles. The second kappa shape index (κ2) is 10.3. The Bertz CT molecular complexity index is 1010. The van der Waals surface area contributed by atoms with Crippen LogP contribution in [0.15, 0.2) is 60.8 Å². The number of nitrogens with zero attached hydrogens (tertiary/aromatic N) is 4. The smallest absolute Gasteiger partial charge is 0.407 e. The number of hydrogen-bond acceptors (Lipinski definition) is 5. The van der Waals surface area contributed by atoms with Crippen LogP contribution in [0.2, 0.25) is 0 Å². The van der Waals surface area contributed by atoms with Crippen LogP contribution in [0.3, 0.4) is 0 Å². The van der Waals surface area contributed by atoms with Gasteiger partial charge in [0, 0.05) is 25.2 Å². The molecule has 0 unspecified atom stereocenters. The molecule has 1 amide bonds. The number of rotatable bonds is 8. The van der Waals surface area contributed by atoms with Crippen molar-refractivity contribution in [3.05, 3.63) is 77.6 Å². The molecule has 0 aliphatic carbocycles. The number of piperidine rings is 1. The Morgan fingerprint density at radius 1 is 1.12 bits per heavy atom. The molecule has 1 aromatic heterocycles. The Labute approximate surface area is 187 Å². The minimum absolute atomic E-state index is 0.00375. The molecule has 1 aliphatic heterocycles. The molecule has 3 aromatic rings. The van der Waals surface area contributed by atoms with Gasteiger partial charge in [-0.05, 0) is 36.1 Å². The molecule has 4 rings (SSSR count). The molecule has 1 saturated heterocycles. The van der Waals surface area contributed by atoms with Gasteiger partial charge in [-0.2, -0.15) is 0 Å². The van der Waals surface area contributed by atoms with E-state index in [1.165, 1.54) is 10.5 Å². The number of methoxy groups -OCH3 is 1. The van der Waals surface area contributed by atoms with Crippen LogP contribution in [0.25, 0.3) is 0 Å². The van der Waals surface area contributed by atoms with Gasteiger partial charge in [-0.1, -0.05) is 47.7 Å². The highest BCUT2D eigenvalue weighted by atomic mass is 16.5. The fourth-order valence-electron chi connectivity index (χ4n) is 4.00. The normalized spacial score (nSPS) is 18.5. The van der Waals surface area contributed by atoms with Crippen LogP contribution in [0.4, 0.5) is 4.79 Å². The van der Waals surface area contributed by atoms with E-state index in [9.17, 15) is 9.90 Å². The van der Waals surface area contributed by atoms with E-state index in [4.69, 9.17) is 9.47 Å². The first-order valence-corrected chi connectivity index (χ1v) is 10.8. The van der Waals surface area contributed by atoms with Crippen LogP contribution >= 0.6 is 0 Å². The zero-order chi connectivity index (χ0) is 22.3. The van der Waals surface area contributed by atoms with Gasteiger partial charge in [0.25, 0.3) is 0 Å². The molecular formula is C24H28N4O4. The lowest BCUT2D eigenvalue weighted by Gasteiger charge is -2.36. The molecular weight excluding hydrogens is 408 g/mol. The third kappa shape index (κ3) is 5.45. The van der Waals surface area contributed by atoms with Crippen LogP contribution in [-0.2, 0) is 24.3 Å². The Kier molecular flexibility index (Phi) is 7.01. The first-order chi connectivity index (χ1) is 15.6. The zero-order valence-corrected chi connectivity index (χ0v) is 18.1. The summed E-state index contributed by atoms with van der Waals surface area (Å²) in [5.74, 6) is 0.843. The van der Waals surface area contributed by atoms with Crippen molar-refractivity contribution >= 4 is 6.09 Å². The van der Waals surface area contributed by atoms with E-state index in [2.05, 4.69) is 10.3 Å². The summed E-state index contributed by atoms with van der Waals surface area (Å²) in [5, 5.41) is 18.1. The SMILES string of the molecule is COc1ccc(CCn2cc([C@@H]3CCN(C(=O)O)C[C@H]3OCc3ccccc3)nn2)cc1. The van der Waals surface area contributed by atoms with Crippen molar-refractivity contribution in [3.63, 3.8) is 0 Å². The number of hydrogen-bond donors (Lipinski definition) is 1. The van der Waals surface area contributed by atoms with E-state index in [-0.39, 0.29) is 12.0 Å². The number of carbonyl (C=O) groups is 1. The highest BCUT2D eigenvalue weighted by Gasteiger charge is 2.34. The van der Waals surface area contributed by atoms with Gasteiger partial charge in [0.1, 0.15) is 5.75 Å². The van der Waals surface area contributed by atoms with E-state index >= 15 is 0 Å². The number of ether oxygens (including phenoxy) is 2. The molecule has 32 heavy (non-hydrogen) atoms. The standard InChI is InChI=1S/C24H28N4O4/c1-31-20-9-7-18(8-10-20)11-14-28-15-22(25-26-28)21-12-13-27(24(29)30)16-23(21)32-17-19-5-3-2-4-6-19/h2-10,15,21,23H,11-14,16-17H2,1H3,(H,29,30)/t21-,23+/m0/s1. The third-order valence-corrected chi connectivity index (χ3v) is 5.86. The van der Waals surface area contributed by atoms with Crippen molar-refractivity contribution in [2.45, 2.75) is 38.0 Å². The van der Waals surface area contributed by atoms with Gasteiger partial charge in [-0.3, -0.25) is 4.68 Å². The minimum Gasteiger partial charge on any atom is -0.497 e. The van der Waals surface area contributed by atoms with Crippen LogP contribution in [-0.4, -0.2) is 57.4 Å². The molecule has 168 valence electrons. The molecule has 1 N–H and O–H groups in total. The number of amides is 1. The number of aromatic nitrogens is 3. The van der Waals surface area contributed by atoms with E-state index in [0.29, 0.717) is 32.7 Å². The Balaban J connectivity index is 1.41. The number of aryl methyl sites for hydroxylation is 2. The lowest BCUT2D eigenvalue weighted by atomic mass is 9.91. The van der Waals surface area contributed by atoms with Gasteiger partial charge in [0.15, 0.2) is 0 Å². The fourth-order valence-corrected chi connectivity index (χ4v) is 4.00. The van der Waals surface area contributed by atoms with E-state index in [1.54, 1.807) is 7.11 Å². The van der Waals surface area contributed by atoms with Crippen molar-refractivity contribution in [2.24, 2.45) is 0 Å². The number of likely N-dealkylation sites (tertiary alicyclic amines) is 1. The topological polar surface area (TPSA) is 89.7 Å². The van der Waals surface area contributed by atoms with Crippen LogP contribution in [0.1, 0.15) is 29.2 Å². The molecule has 0 spiro atoms. The predicted octanol–water partition coefficient (Wildman–Crippen LogP) is 3.58. The van der Waals surface area contributed by atoms with Crippen molar-refractivity contribution in [1.29, 1.82) is 0 Å². The predicted molar refractivity (Wildman–Crippen MR) is 119 cm³/mol. The maximum atomic E-state index is 11.5. The van der Waals surface area contributed by atoms with Crippen molar-refractivity contribution < 1.29 is 19.4 Å². The quantitative estimate of drug-likeness (QED) is 0.581. The maximum Gasteiger partial charge on any atom is 0.407 e. The molecule has 8 nitrogen and oxygen atoms in total. The maximum absolute atomic E-state index is 11.5. The lowest BCUT2D eigenvalue weighted by molar-refractivity contribution is -0.0208. The van der Waals surface area contributed by atoms with Crippen molar-refractivity contribution in [3.8, 4) is 5.75 Å². The third-order valence-electron chi connectivity index (χ3n) is 5.86. The van der Waals surface area contributed by atoms with Crippen molar-refractivity contribution in [2.75, 3.05) is 20.2 Å². The summed E-state index contributed by atoms with van der Waals surface area (Å²) in [5.41, 5.74) is 3.10. The highest BCUT2D eigenvalue weighted by Crippen LogP contribution is 2.30. The summed E-state index contributed by atoms with van der Waals surface area (Å²) >= 11 is 0. The summed E-state index contributed by atoms with van der Waals surface area (Å²) in [6.45, 7) is 1.93. The molecule has 1 fully saturated rings. The lowest BCUT2D eigenvalue weighted by Crippen LogP contribution is -2.46. The van der Waals surface area contributed by atoms with Gasteiger partial charge in [0.05, 0.1) is 32.1 Å². The molecule has 2 heterocycles. The number of carboxylic acid groups (broad SMARTS) is 1. The summed E-state index contributed by atoms with van der Waals surface area (Å²) in [7, 11) is 1.66. The average molecular weight is 437 g/mol. The van der Waals surface area contributed by atoms with E-state index in [1.807, 2.05) is 65.5 Å². The molecule has 2 atom stereocenters. The minimum atomic E-state index is -0.917. The molecule has 0 radical (unpaired) electrons. The zero-order valence-electron chi connectivity index (χ0n) is 18.1. The van der Waals surface area contributed by atoms with Gasteiger partial charge >= 0.3 is 6.09 Å². The highest BCUT2D eigenvalue weighted by molar-refractivity contribution is 5.65. The average Bonchev–Trinajstić information content (AvgIpc) is 3.31. The Morgan fingerprint density at radius 2 is 1.91 bits per heavy atom. The first-order valence-electron chi connectivity index (χ1n) is 10.8. The number of benzene rings is 2. The van der Waals surface area contributed by atoms with E-state index in [0.717, 1.165) is 23.4 Å². The van der Waals surface area contributed by atoms with Crippen molar-refractivity contribution in [1.82, 2.24) is 19.9 Å². The summed E-state index contributed by atoms with van der Waals surface area (Å²) < 4.78 is 13.2. The molecule has 2 aromatic carbocycles. The Hall–Kier alpha value is -3.39. The fraction of sp³-hybridized carbons (Fsp3) is 0.375. The molecule has 8 heteroatoms. The van der Waals surface area contributed by atoms with Crippen LogP contribution in [0, 0.1) is 0 Å². The van der Waals surface area contributed by atoms with Gasteiger partial charge in [0.2, 0.25) is 0 Å². The van der Waals surface area contributed by atoms with Crippen LogP contribution in [0.5, 0.6) is 5.75 Å². The second-order valence-electron chi connectivity index (χ2n) is 7.96. The van der Waals surface area contributed by atoms with Gasteiger partial charge < -0.3 is 19.5 Å². The Morgan fingerprint density at radius 3 is 2.62 bits per heavy atom. The molecule has 0 bridgehead atoms. The molecule has 1 aliphatic rings. The monoisotopic (exact) mass is 436 g/mol. The first kappa shape index (κ1) is 21.8. The van der Waals surface area contributed by atoms with Gasteiger partial charge in [-0.15, -0.1) is 5.10 Å². The largest absolute Gasteiger partial charge is 0.497 e. The summed E-state index contributed by atoms with van der Waals surface area (Å²) in [6.07, 6.45) is 2.26. The van der Waals surface area contributed by atoms with E-state index < -0.39 is 6.09 Å². The van der Waals surface area contributed by atoms with Crippen LogP contribution < -0.4 is 4.74 Å². The van der Waals surface area contributed by atoms with Gasteiger partial charge in [-0.25, -0.2) is 4.79 Å². The second-order valence-corrected chi connectivity index (χ2v) is 7.96. The summed E-state index contributed by atoms with van der Waals surface area (Å²) in [4.78, 5) is 12.9.